The van der Waals surface area contributed by atoms with Crippen molar-refractivity contribution in [2.24, 2.45) is 0 Å². The first kappa shape index (κ1) is 26.1. The van der Waals surface area contributed by atoms with E-state index in [1.54, 1.807) is 0 Å². The van der Waals surface area contributed by atoms with Gasteiger partial charge in [-0.25, -0.2) is 0 Å². The van der Waals surface area contributed by atoms with Crippen LogP contribution in [0.1, 0.15) is 0 Å². The van der Waals surface area contributed by atoms with Crippen LogP contribution in [0.5, 0.6) is 0 Å². The van der Waals surface area contributed by atoms with Crippen LogP contribution in [0.15, 0.2) is 174 Å². The molecule has 10 aromatic rings. The number of rotatable bonds is 3. The predicted octanol–water partition coefficient (Wildman–Crippen LogP) is 13.2. The van der Waals surface area contributed by atoms with Crippen molar-refractivity contribution in [2.75, 3.05) is 0 Å². The molecular formula is C46H28O. The summed E-state index contributed by atoms with van der Waals surface area (Å²) in [5.74, 6) is 0. The van der Waals surface area contributed by atoms with Gasteiger partial charge in [-0.05, 0) is 119 Å². The molecule has 0 radical (unpaired) electrons. The fraction of sp³-hybridized carbons (Fsp3) is 0. The summed E-state index contributed by atoms with van der Waals surface area (Å²) in [6.45, 7) is 0. The highest BCUT2D eigenvalue weighted by atomic mass is 16.3. The maximum Gasteiger partial charge on any atom is 0.136 e. The van der Waals surface area contributed by atoms with Crippen LogP contribution >= 0.6 is 0 Å². The molecule has 0 aliphatic carbocycles. The summed E-state index contributed by atoms with van der Waals surface area (Å²) in [5.41, 5.74) is 9.01. The third-order valence-corrected chi connectivity index (χ3v) is 9.83. The molecule has 0 fully saturated rings. The summed E-state index contributed by atoms with van der Waals surface area (Å²) >= 11 is 0. The van der Waals surface area contributed by atoms with Crippen molar-refractivity contribution in [3.05, 3.63) is 170 Å². The van der Waals surface area contributed by atoms with Gasteiger partial charge in [0.1, 0.15) is 11.2 Å². The van der Waals surface area contributed by atoms with Gasteiger partial charge in [0.25, 0.3) is 0 Å². The Balaban J connectivity index is 1.06. The number of hydrogen-bond donors (Lipinski definition) is 0. The van der Waals surface area contributed by atoms with Crippen molar-refractivity contribution in [2.45, 2.75) is 0 Å². The minimum Gasteiger partial charge on any atom is -0.456 e. The molecule has 9 aromatic carbocycles. The largest absolute Gasteiger partial charge is 0.456 e. The van der Waals surface area contributed by atoms with Crippen molar-refractivity contribution in [1.82, 2.24) is 0 Å². The lowest BCUT2D eigenvalue weighted by molar-refractivity contribution is 0.669. The Kier molecular flexibility index (Phi) is 5.64. The molecule has 1 nitrogen and oxygen atoms in total. The summed E-state index contributed by atoms with van der Waals surface area (Å²) in [7, 11) is 0. The van der Waals surface area contributed by atoms with Crippen LogP contribution in [0.25, 0.3) is 98.4 Å². The first-order valence-corrected chi connectivity index (χ1v) is 16.2. The quantitative estimate of drug-likeness (QED) is 0.185. The standard InChI is InChI=1S/C46H28O/c1-2-8-29(9-3-1)34-19-22-41-42-23-20-35(27-46(42)47-45(41)26-34)32-14-15-33-25-36(17-16-31(33)24-32)43-28-44-37-11-5-4-10-30(37)18-21-40(44)38-12-6-7-13-39(38)43/h1-28H. The van der Waals surface area contributed by atoms with E-state index in [-0.39, 0.29) is 0 Å². The third kappa shape index (κ3) is 4.17. The zero-order chi connectivity index (χ0) is 30.9. The van der Waals surface area contributed by atoms with Gasteiger partial charge < -0.3 is 4.42 Å². The van der Waals surface area contributed by atoms with E-state index in [0.717, 1.165) is 33.1 Å². The molecule has 0 aliphatic heterocycles. The Morgan fingerprint density at radius 2 is 0.766 bits per heavy atom. The summed E-state index contributed by atoms with van der Waals surface area (Å²) in [6.07, 6.45) is 0. The van der Waals surface area contributed by atoms with Crippen LogP contribution in [-0.4, -0.2) is 0 Å². The van der Waals surface area contributed by atoms with Crippen LogP contribution in [0, 0.1) is 0 Å². The Morgan fingerprint density at radius 1 is 0.255 bits per heavy atom. The average molecular weight is 597 g/mol. The van der Waals surface area contributed by atoms with Crippen molar-refractivity contribution < 1.29 is 4.42 Å². The highest BCUT2D eigenvalue weighted by molar-refractivity contribution is 6.21. The molecule has 1 heterocycles. The molecule has 218 valence electrons. The minimum atomic E-state index is 0.911. The summed E-state index contributed by atoms with van der Waals surface area (Å²) in [6, 6.07) is 61.6. The molecule has 0 aliphatic rings. The van der Waals surface area contributed by atoms with E-state index in [1.807, 2.05) is 6.07 Å². The Labute approximate surface area is 271 Å². The average Bonchev–Trinajstić information content (AvgIpc) is 3.51. The summed E-state index contributed by atoms with van der Waals surface area (Å²) in [4.78, 5) is 0. The SMILES string of the molecule is c1ccc(-c2ccc3c(c2)oc2cc(-c4ccc5cc(-c6cc7c8ccccc8ccc7c7ccccc67)ccc5c4)ccc23)cc1. The number of benzene rings is 9. The summed E-state index contributed by atoms with van der Waals surface area (Å²) in [5, 5.41) is 12.5. The maximum absolute atomic E-state index is 6.42. The molecule has 0 saturated carbocycles. The van der Waals surface area contributed by atoms with Gasteiger partial charge in [0.15, 0.2) is 0 Å². The van der Waals surface area contributed by atoms with E-state index >= 15 is 0 Å². The minimum absolute atomic E-state index is 0.911. The zero-order valence-electron chi connectivity index (χ0n) is 25.6. The molecule has 0 amide bonds. The fourth-order valence-corrected chi connectivity index (χ4v) is 7.46. The van der Waals surface area contributed by atoms with Gasteiger partial charge in [-0.15, -0.1) is 0 Å². The monoisotopic (exact) mass is 596 g/mol. The fourth-order valence-electron chi connectivity index (χ4n) is 7.46. The van der Waals surface area contributed by atoms with E-state index in [1.165, 1.54) is 65.3 Å². The summed E-state index contributed by atoms with van der Waals surface area (Å²) < 4.78 is 6.42. The molecule has 10 rings (SSSR count). The number of furan rings is 1. The molecule has 0 bridgehead atoms. The lowest BCUT2D eigenvalue weighted by atomic mass is 9.90. The first-order chi connectivity index (χ1) is 23.3. The molecule has 0 atom stereocenters. The van der Waals surface area contributed by atoms with E-state index in [0.29, 0.717) is 0 Å². The maximum atomic E-state index is 6.42. The Hall–Kier alpha value is -6.18. The lowest BCUT2D eigenvalue weighted by Gasteiger charge is -2.14. The second-order valence-corrected chi connectivity index (χ2v) is 12.5. The van der Waals surface area contributed by atoms with Gasteiger partial charge in [-0.3, -0.25) is 0 Å². The highest BCUT2D eigenvalue weighted by Crippen LogP contribution is 2.40. The van der Waals surface area contributed by atoms with E-state index in [2.05, 4.69) is 164 Å². The van der Waals surface area contributed by atoms with Gasteiger partial charge in [0.2, 0.25) is 0 Å². The molecule has 0 unspecified atom stereocenters. The van der Waals surface area contributed by atoms with Crippen LogP contribution < -0.4 is 0 Å². The van der Waals surface area contributed by atoms with Crippen molar-refractivity contribution >= 4 is 65.0 Å². The van der Waals surface area contributed by atoms with E-state index in [9.17, 15) is 0 Å². The number of fused-ring (bicyclic) bond motifs is 9. The topological polar surface area (TPSA) is 13.1 Å². The van der Waals surface area contributed by atoms with Crippen LogP contribution in [-0.2, 0) is 0 Å². The van der Waals surface area contributed by atoms with Crippen LogP contribution in [0.2, 0.25) is 0 Å². The molecule has 0 spiro atoms. The van der Waals surface area contributed by atoms with Crippen molar-refractivity contribution in [1.29, 1.82) is 0 Å². The normalized spacial score (nSPS) is 11.8. The smallest absolute Gasteiger partial charge is 0.136 e. The Bertz CT molecular complexity index is 2840. The van der Waals surface area contributed by atoms with E-state index < -0.39 is 0 Å². The third-order valence-electron chi connectivity index (χ3n) is 9.83. The van der Waals surface area contributed by atoms with Gasteiger partial charge in [-0.2, -0.15) is 0 Å². The highest BCUT2D eigenvalue weighted by Gasteiger charge is 2.13. The van der Waals surface area contributed by atoms with Gasteiger partial charge in [0.05, 0.1) is 0 Å². The van der Waals surface area contributed by atoms with Crippen LogP contribution in [0.3, 0.4) is 0 Å². The second-order valence-electron chi connectivity index (χ2n) is 12.5. The van der Waals surface area contributed by atoms with Crippen molar-refractivity contribution in [3.8, 4) is 33.4 Å². The van der Waals surface area contributed by atoms with Gasteiger partial charge in [-0.1, -0.05) is 127 Å². The Morgan fingerprint density at radius 3 is 1.53 bits per heavy atom. The van der Waals surface area contributed by atoms with Crippen LogP contribution in [0.4, 0.5) is 0 Å². The molecule has 1 heteroatoms. The molecule has 0 N–H and O–H groups in total. The first-order valence-electron chi connectivity index (χ1n) is 16.2. The van der Waals surface area contributed by atoms with Gasteiger partial charge in [0, 0.05) is 10.8 Å². The second kappa shape index (κ2) is 10.2. The van der Waals surface area contributed by atoms with Gasteiger partial charge >= 0.3 is 0 Å². The number of hydrogen-bond acceptors (Lipinski definition) is 1. The predicted molar refractivity (Wildman–Crippen MR) is 200 cm³/mol. The lowest BCUT2D eigenvalue weighted by Crippen LogP contribution is -1.87. The van der Waals surface area contributed by atoms with E-state index in [4.69, 9.17) is 4.42 Å². The molecule has 47 heavy (non-hydrogen) atoms. The molecule has 0 saturated heterocycles. The van der Waals surface area contributed by atoms with Crippen molar-refractivity contribution in [3.63, 3.8) is 0 Å². The molecular weight excluding hydrogens is 569 g/mol. The molecule has 1 aromatic heterocycles. The zero-order valence-corrected chi connectivity index (χ0v) is 25.6.